The number of likely N-dealkylation sites (tertiary alicyclic amines) is 1. The maximum atomic E-state index is 12.9. The monoisotopic (exact) mass is 278 g/mol. The molecule has 1 atom stereocenters. The molecule has 0 radical (unpaired) electrons. The fraction of sp³-hybridized carbons (Fsp3) is 0.467. The van der Waals surface area contributed by atoms with Crippen molar-refractivity contribution in [2.45, 2.75) is 19.3 Å². The van der Waals surface area contributed by atoms with Crippen LogP contribution in [0.4, 0.5) is 4.39 Å². The highest BCUT2D eigenvalue weighted by Gasteiger charge is 2.28. The smallest absolute Gasteiger partial charge is 0.223 e. The van der Waals surface area contributed by atoms with Crippen LogP contribution in [0.25, 0.3) is 0 Å². The van der Waals surface area contributed by atoms with Gasteiger partial charge in [0.2, 0.25) is 5.91 Å². The van der Waals surface area contributed by atoms with E-state index < -0.39 is 0 Å². The molecule has 0 aromatic heterocycles. The van der Waals surface area contributed by atoms with Gasteiger partial charge in [-0.25, -0.2) is 4.39 Å². The number of ketones is 1. The van der Waals surface area contributed by atoms with Gasteiger partial charge >= 0.3 is 0 Å². The van der Waals surface area contributed by atoms with E-state index in [1.807, 2.05) is 0 Å². The molecule has 5 heteroatoms. The Morgan fingerprint density at radius 1 is 1.30 bits per heavy atom. The number of carbonyl (C=O) groups excluding carboxylic acids is 2. The van der Waals surface area contributed by atoms with Gasteiger partial charge in [-0.05, 0) is 37.1 Å². The lowest BCUT2D eigenvalue weighted by Gasteiger charge is -2.32. The maximum Gasteiger partial charge on any atom is 0.223 e. The second-order valence-electron chi connectivity index (χ2n) is 5.09. The number of carbonyl (C=O) groups is 2. The summed E-state index contributed by atoms with van der Waals surface area (Å²) in [6, 6.07) is 5.57. The second kappa shape index (κ2) is 6.61. The number of hydrogen-bond acceptors (Lipinski definition) is 3. The van der Waals surface area contributed by atoms with Crippen molar-refractivity contribution in [1.82, 2.24) is 4.90 Å². The number of halogens is 1. The molecule has 0 bridgehead atoms. The molecule has 108 valence electrons. The Kier molecular flexibility index (Phi) is 4.84. The molecule has 1 amide bonds. The predicted molar refractivity (Wildman–Crippen MR) is 73.7 cm³/mol. The molecule has 1 aliphatic heterocycles. The normalized spacial score (nSPS) is 18.9. The van der Waals surface area contributed by atoms with Gasteiger partial charge in [0.1, 0.15) is 5.82 Å². The Balaban J connectivity index is 2.03. The zero-order valence-corrected chi connectivity index (χ0v) is 11.3. The van der Waals surface area contributed by atoms with Crippen molar-refractivity contribution in [2.75, 3.05) is 19.6 Å². The van der Waals surface area contributed by atoms with Crippen molar-refractivity contribution < 1.29 is 14.0 Å². The van der Waals surface area contributed by atoms with Crippen molar-refractivity contribution in [2.24, 2.45) is 11.7 Å². The molecule has 20 heavy (non-hydrogen) atoms. The Hall–Kier alpha value is -1.75. The fourth-order valence-electron chi connectivity index (χ4n) is 2.55. The number of benzene rings is 1. The molecule has 1 heterocycles. The highest BCUT2D eigenvalue weighted by Crippen LogP contribution is 2.21. The van der Waals surface area contributed by atoms with E-state index in [0.29, 0.717) is 31.6 Å². The van der Waals surface area contributed by atoms with E-state index in [9.17, 15) is 14.0 Å². The summed E-state index contributed by atoms with van der Waals surface area (Å²) >= 11 is 0. The molecule has 1 unspecified atom stereocenters. The van der Waals surface area contributed by atoms with Crippen molar-refractivity contribution in [3.05, 3.63) is 35.6 Å². The maximum absolute atomic E-state index is 12.9. The Morgan fingerprint density at radius 3 is 2.65 bits per heavy atom. The molecule has 1 aromatic carbocycles. The van der Waals surface area contributed by atoms with Gasteiger partial charge < -0.3 is 10.6 Å². The molecule has 2 N–H and O–H groups in total. The van der Waals surface area contributed by atoms with Crippen LogP contribution < -0.4 is 5.73 Å². The molecule has 1 fully saturated rings. The summed E-state index contributed by atoms with van der Waals surface area (Å²) in [5, 5.41) is 0. The number of piperidine rings is 1. The molecule has 1 aliphatic rings. The van der Waals surface area contributed by atoms with Gasteiger partial charge in [-0.3, -0.25) is 9.59 Å². The van der Waals surface area contributed by atoms with Gasteiger partial charge in [0.25, 0.3) is 0 Å². The van der Waals surface area contributed by atoms with Gasteiger partial charge in [0.05, 0.1) is 0 Å². The predicted octanol–water partition coefficient (Wildman–Crippen LogP) is 1.60. The Morgan fingerprint density at radius 2 is 2.00 bits per heavy atom. The highest BCUT2D eigenvalue weighted by atomic mass is 19.1. The number of Topliss-reactive ketones (excluding diaryl/α,β-unsaturated/α-hetero) is 1. The summed E-state index contributed by atoms with van der Waals surface area (Å²) in [6.45, 7) is 1.45. The number of rotatable bonds is 4. The number of nitrogens with two attached hydrogens (primary N) is 1. The Labute approximate surface area is 117 Å². The third-order valence-corrected chi connectivity index (χ3v) is 3.63. The molecule has 2 rings (SSSR count). The van der Waals surface area contributed by atoms with Crippen LogP contribution >= 0.6 is 0 Å². The lowest BCUT2D eigenvalue weighted by Crippen LogP contribution is -2.42. The van der Waals surface area contributed by atoms with Crippen molar-refractivity contribution in [3.8, 4) is 0 Å². The second-order valence-corrected chi connectivity index (χ2v) is 5.09. The van der Waals surface area contributed by atoms with E-state index in [4.69, 9.17) is 5.73 Å². The van der Waals surface area contributed by atoms with Gasteiger partial charge in [-0.15, -0.1) is 0 Å². The SMILES string of the molecule is NCCC(=O)N1CCCC(C(=O)c2ccc(F)cc2)C1. The summed E-state index contributed by atoms with van der Waals surface area (Å²) in [5.74, 6) is -0.569. The Bertz CT molecular complexity index is 487. The van der Waals surface area contributed by atoms with Crippen LogP contribution in [-0.4, -0.2) is 36.2 Å². The van der Waals surface area contributed by atoms with Crippen molar-refractivity contribution >= 4 is 11.7 Å². The summed E-state index contributed by atoms with van der Waals surface area (Å²) in [5.41, 5.74) is 5.89. The van der Waals surface area contributed by atoms with Gasteiger partial charge in [0, 0.05) is 37.5 Å². The summed E-state index contributed by atoms with van der Waals surface area (Å²) < 4.78 is 12.9. The first-order valence-corrected chi connectivity index (χ1v) is 6.89. The average Bonchev–Trinajstić information content (AvgIpc) is 2.48. The molecular weight excluding hydrogens is 259 g/mol. The van der Waals surface area contributed by atoms with Crippen LogP contribution in [0.15, 0.2) is 24.3 Å². The van der Waals surface area contributed by atoms with E-state index in [2.05, 4.69) is 0 Å². The number of amides is 1. The minimum atomic E-state index is -0.357. The van der Waals surface area contributed by atoms with Crippen LogP contribution in [-0.2, 0) is 4.79 Å². The third kappa shape index (κ3) is 3.42. The van der Waals surface area contributed by atoms with Crippen LogP contribution in [0.5, 0.6) is 0 Å². The van der Waals surface area contributed by atoms with Gasteiger partial charge in [0.15, 0.2) is 5.78 Å². The quantitative estimate of drug-likeness (QED) is 0.851. The molecular formula is C15H19FN2O2. The van der Waals surface area contributed by atoms with Gasteiger partial charge in [-0.2, -0.15) is 0 Å². The van der Waals surface area contributed by atoms with Gasteiger partial charge in [-0.1, -0.05) is 0 Å². The minimum Gasteiger partial charge on any atom is -0.342 e. The van der Waals surface area contributed by atoms with Crippen LogP contribution in [0.1, 0.15) is 29.6 Å². The molecule has 1 aromatic rings. The molecule has 0 spiro atoms. The third-order valence-electron chi connectivity index (χ3n) is 3.63. The minimum absolute atomic E-state index is 0.00380. The molecule has 4 nitrogen and oxygen atoms in total. The summed E-state index contributed by atoms with van der Waals surface area (Å²) in [6.07, 6.45) is 1.90. The lowest BCUT2D eigenvalue weighted by molar-refractivity contribution is -0.132. The molecule has 0 aliphatic carbocycles. The first kappa shape index (κ1) is 14.7. The van der Waals surface area contributed by atoms with E-state index in [0.717, 1.165) is 12.8 Å². The largest absolute Gasteiger partial charge is 0.342 e. The van der Waals surface area contributed by atoms with E-state index >= 15 is 0 Å². The van der Waals surface area contributed by atoms with E-state index in [1.165, 1.54) is 24.3 Å². The zero-order chi connectivity index (χ0) is 14.5. The highest BCUT2D eigenvalue weighted by molar-refractivity contribution is 5.98. The van der Waals surface area contributed by atoms with Crippen molar-refractivity contribution in [1.29, 1.82) is 0 Å². The molecule has 0 saturated carbocycles. The number of hydrogen-bond donors (Lipinski definition) is 1. The first-order chi connectivity index (χ1) is 9.61. The molecule has 1 saturated heterocycles. The average molecular weight is 278 g/mol. The first-order valence-electron chi connectivity index (χ1n) is 6.89. The van der Waals surface area contributed by atoms with E-state index in [1.54, 1.807) is 4.90 Å². The topological polar surface area (TPSA) is 63.4 Å². The van der Waals surface area contributed by atoms with Crippen molar-refractivity contribution in [3.63, 3.8) is 0 Å². The number of nitrogens with zero attached hydrogens (tertiary/aromatic N) is 1. The fourth-order valence-corrected chi connectivity index (χ4v) is 2.55. The zero-order valence-electron chi connectivity index (χ0n) is 11.3. The van der Waals surface area contributed by atoms with Crippen LogP contribution in [0, 0.1) is 11.7 Å². The van der Waals surface area contributed by atoms with Crippen LogP contribution in [0.2, 0.25) is 0 Å². The van der Waals surface area contributed by atoms with E-state index in [-0.39, 0.29) is 23.4 Å². The van der Waals surface area contributed by atoms with Crippen LogP contribution in [0.3, 0.4) is 0 Å². The lowest BCUT2D eigenvalue weighted by atomic mass is 9.90. The standard InChI is InChI=1S/C15H19FN2O2/c16-13-5-3-11(4-6-13)15(20)12-2-1-9-18(10-12)14(19)7-8-17/h3-6,12H,1-2,7-10,17H2. The summed E-state index contributed by atoms with van der Waals surface area (Å²) in [7, 11) is 0. The summed E-state index contributed by atoms with van der Waals surface area (Å²) in [4.78, 5) is 25.9.